The van der Waals surface area contributed by atoms with Gasteiger partial charge in [0.1, 0.15) is 0 Å². The Balaban J connectivity index is 2.48. The Kier molecular flexibility index (Phi) is 8.60. The van der Waals surface area contributed by atoms with Crippen molar-refractivity contribution in [3.05, 3.63) is 64.1 Å². The molecule has 2 aromatic carbocycles. The van der Waals surface area contributed by atoms with Crippen LogP contribution in [0.3, 0.4) is 0 Å². The molecule has 0 amide bonds. The minimum Gasteiger partial charge on any atom is -0.379 e. The molecule has 7 nitrogen and oxygen atoms in total. The SMILES string of the molecule is CCOP(=O)(OCC)[C@@H](O)[C@H](NS(=O)(=O)c1ccc(C)cc1)c1ccc(Br)cc1. The number of halogens is 1. The Bertz CT molecular complexity index is 940. The van der Waals surface area contributed by atoms with Crippen molar-refractivity contribution >= 4 is 33.5 Å². The third-order valence-corrected chi connectivity index (χ3v) is 8.25. The summed E-state index contributed by atoms with van der Waals surface area (Å²) in [5, 5.41) is 10.9. The first-order valence-electron chi connectivity index (χ1n) is 9.04. The van der Waals surface area contributed by atoms with Gasteiger partial charge in [-0.15, -0.1) is 0 Å². The molecule has 0 saturated heterocycles. The van der Waals surface area contributed by atoms with E-state index in [0.717, 1.165) is 10.0 Å². The molecule has 10 heteroatoms. The standard InChI is InChI=1S/C19H25BrNO6PS/c1-4-26-28(23,27-5-2)19(22)18(15-8-10-16(20)11-9-15)21-29(24,25)17-12-6-14(3)7-13-17/h6-13,18-19,21-22H,4-5H2,1-3H3/t18-,19-/m1/s1. The summed E-state index contributed by atoms with van der Waals surface area (Å²) in [5.74, 6) is -1.75. The monoisotopic (exact) mass is 505 g/mol. The predicted molar refractivity (Wildman–Crippen MR) is 115 cm³/mol. The summed E-state index contributed by atoms with van der Waals surface area (Å²) >= 11 is 3.32. The second-order valence-corrected chi connectivity index (χ2v) is 11.0. The van der Waals surface area contributed by atoms with Gasteiger partial charge < -0.3 is 14.2 Å². The number of rotatable bonds is 10. The molecule has 0 saturated carbocycles. The first kappa shape index (κ1) is 24.2. The van der Waals surface area contributed by atoms with Crippen LogP contribution < -0.4 is 4.72 Å². The van der Waals surface area contributed by atoms with E-state index >= 15 is 0 Å². The van der Waals surface area contributed by atoms with Gasteiger partial charge in [-0.1, -0.05) is 45.8 Å². The van der Waals surface area contributed by atoms with Gasteiger partial charge in [-0.3, -0.25) is 4.57 Å². The molecule has 160 valence electrons. The van der Waals surface area contributed by atoms with Crippen molar-refractivity contribution in [1.29, 1.82) is 0 Å². The lowest BCUT2D eigenvalue weighted by Crippen LogP contribution is -2.37. The third kappa shape index (κ3) is 6.21. The van der Waals surface area contributed by atoms with Crippen molar-refractivity contribution in [3.8, 4) is 0 Å². The number of aliphatic hydroxyl groups excluding tert-OH is 1. The number of aliphatic hydroxyl groups is 1. The number of nitrogens with one attached hydrogen (secondary N) is 1. The van der Waals surface area contributed by atoms with Crippen LogP contribution in [0.5, 0.6) is 0 Å². The molecule has 2 N–H and O–H groups in total. The van der Waals surface area contributed by atoms with Crippen molar-refractivity contribution in [1.82, 2.24) is 4.72 Å². The zero-order chi connectivity index (χ0) is 21.7. The minimum absolute atomic E-state index is 0.0278. The highest BCUT2D eigenvalue weighted by atomic mass is 79.9. The van der Waals surface area contributed by atoms with Gasteiger partial charge in [0.2, 0.25) is 10.0 Å². The molecule has 2 aromatic rings. The third-order valence-electron chi connectivity index (χ3n) is 4.08. The van der Waals surface area contributed by atoms with Crippen LogP contribution in [0.25, 0.3) is 0 Å². The smallest absolute Gasteiger partial charge is 0.360 e. The van der Waals surface area contributed by atoms with Crippen molar-refractivity contribution < 1.29 is 27.1 Å². The van der Waals surface area contributed by atoms with Gasteiger partial charge in [0.15, 0.2) is 5.85 Å². The zero-order valence-electron chi connectivity index (χ0n) is 16.4. The number of aryl methyl sites for hydroxylation is 1. The number of hydrogen-bond donors (Lipinski definition) is 2. The minimum atomic E-state index is -4.02. The molecule has 0 bridgehead atoms. The van der Waals surface area contributed by atoms with Crippen LogP contribution in [0.2, 0.25) is 0 Å². The Morgan fingerprint density at radius 3 is 2.03 bits per heavy atom. The van der Waals surface area contributed by atoms with Crippen LogP contribution in [-0.2, 0) is 23.6 Å². The van der Waals surface area contributed by atoms with Gasteiger partial charge in [0.05, 0.1) is 24.2 Å². The van der Waals surface area contributed by atoms with Crippen molar-refractivity contribution in [2.75, 3.05) is 13.2 Å². The molecule has 0 heterocycles. The summed E-state index contributed by atoms with van der Waals surface area (Å²) in [6.45, 7) is 5.14. The Hall–Kier alpha value is -1.06. The van der Waals surface area contributed by atoms with E-state index in [1.165, 1.54) is 12.1 Å². The molecule has 29 heavy (non-hydrogen) atoms. The maximum atomic E-state index is 13.1. The highest BCUT2D eigenvalue weighted by Crippen LogP contribution is 2.55. The Labute approximate surface area is 180 Å². The fourth-order valence-electron chi connectivity index (χ4n) is 2.66. The molecular weight excluding hydrogens is 481 g/mol. The van der Waals surface area contributed by atoms with E-state index in [0.29, 0.717) is 5.56 Å². The molecule has 0 aliphatic rings. The van der Waals surface area contributed by atoms with Crippen molar-refractivity contribution in [3.63, 3.8) is 0 Å². The predicted octanol–water partition coefficient (Wildman–Crippen LogP) is 4.36. The van der Waals surface area contributed by atoms with Crippen LogP contribution in [0.1, 0.15) is 31.0 Å². The second kappa shape index (κ2) is 10.3. The maximum absolute atomic E-state index is 13.1. The number of sulfonamides is 1. The molecule has 2 atom stereocenters. The molecular formula is C19H25BrNO6PS. The highest BCUT2D eigenvalue weighted by Gasteiger charge is 2.42. The maximum Gasteiger partial charge on any atom is 0.360 e. The quantitative estimate of drug-likeness (QED) is 0.465. The fraction of sp³-hybridized carbons (Fsp3) is 0.368. The molecule has 0 fully saturated rings. The molecule has 0 spiro atoms. The topological polar surface area (TPSA) is 102 Å². The van der Waals surface area contributed by atoms with Crippen molar-refractivity contribution in [2.45, 2.75) is 37.6 Å². The first-order chi connectivity index (χ1) is 13.6. The van der Waals surface area contributed by atoms with Gasteiger partial charge in [-0.2, -0.15) is 0 Å². The highest BCUT2D eigenvalue weighted by molar-refractivity contribution is 9.10. The van der Waals surface area contributed by atoms with Crippen LogP contribution in [-0.4, -0.2) is 32.6 Å². The Morgan fingerprint density at radius 1 is 1.03 bits per heavy atom. The van der Waals surface area contributed by atoms with Gasteiger partial charge in [-0.05, 0) is 50.6 Å². The van der Waals surface area contributed by atoms with E-state index in [2.05, 4.69) is 20.7 Å². The molecule has 0 radical (unpaired) electrons. The summed E-state index contributed by atoms with van der Waals surface area (Å²) < 4.78 is 52.7. The molecule has 0 unspecified atom stereocenters. The van der Waals surface area contributed by atoms with E-state index in [1.807, 2.05) is 6.92 Å². The lowest BCUT2D eigenvalue weighted by atomic mass is 10.1. The average Bonchev–Trinajstić information content (AvgIpc) is 2.67. The summed E-state index contributed by atoms with van der Waals surface area (Å²) in [5.41, 5.74) is 1.32. The summed E-state index contributed by atoms with van der Waals surface area (Å²) in [4.78, 5) is 0.0278. The van der Waals surface area contributed by atoms with E-state index in [9.17, 15) is 18.1 Å². The van der Waals surface area contributed by atoms with Gasteiger partial charge in [0.25, 0.3) is 0 Å². The van der Waals surface area contributed by atoms with Gasteiger partial charge in [-0.25, -0.2) is 13.1 Å². The largest absolute Gasteiger partial charge is 0.379 e. The molecule has 0 aromatic heterocycles. The number of benzene rings is 2. The van der Waals surface area contributed by atoms with Crippen LogP contribution in [0, 0.1) is 6.92 Å². The van der Waals surface area contributed by atoms with E-state index in [4.69, 9.17) is 9.05 Å². The molecule has 0 aliphatic heterocycles. The van der Waals surface area contributed by atoms with Crippen LogP contribution in [0.15, 0.2) is 57.9 Å². The van der Waals surface area contributed by atoms with Crippen LogP contribution >= 0.6 is 23.5 Å². The second-order valence-electron chi connectivity index (χ2n) is 6.25. The zero-order valence-corrected chi connectivity index (χ0v) is 19.7. The van der Waals surface area contributed by atoms with Gasteiger partial charge in [0, 0.05) is 4.47 Å². The lowest BCUT2D eigenvalue weighted by Gasteiger charge is -2.29. The summed E-state index contributed by atoms with van der Waals surface area (Å²) in [7, 11) is -8.04. The van der Waals surface area contributed by atoms with E-state index in [-0.39, 0.29) is 18.1 Å². The van der Waals surface area contributed by atoms with Crippen molar-refractivity contribution in [2.24, 2.45) is 0 Å². The lowest BCUT2D eigenvalue weighted by molar-refractivity contribution is 0.130. The number of hydrogen-bond acceptors (Lipinski definition) is 6. The molecule has 0 aliphatic carbocycles. The summed E-state index contributed by atoms with van der Waals surface area (Å²) in [6, 6.07) is 11.7. The fourth-order valence-corrected chi connectivity index (χ4v) is 5.96. The summed E-state index contributed by atoms with van der Waals surface area (Å²) in [6.07, 6.45) is 0. The average molecular weight is 506 g/mol. The first-order valence-corrected chi connectivity index (χ1v) is 12.9. The van der Waals surface area contributed by atoms with Gasteiger partial charge >= 0.3 is 7.60 Å². The van der Waals surface area contributed by atoms with Crippen LogP contribution in [0.4, 0.5) is 0 Å². The normalized spacial score (nSPS) is 14.5. The van der Waals surface area contributed by atoms with E-state index < -0.39 is 29.5 Å². The van der Waals surface area contributed by atoms with E-state index in [1.54, 1.807) is 50.2 Å². The Morgan fingerprint density at radius 2 is 1.55 bits per heavy atom. The molecule has 2 rings (SSSR count).